The predicted molar refractivity (Wildman–Crippen MR) is 135 cm³/mol. The molecule has 0 N–H and O–H groups in total. The van der Waals surface area contributed by atoms with Gasteiger partial charge in [0.1, 0.15) is 12.1 Å². The summed E-state index contributed by atoms with van der Waals surface area (Å²) in [5, 5.41) is 1.66. The summed E-state index contributed by atoms with van der Waals surface area (Å²) in [5.41, 5.74) is 2.43. The van der Waals surface area contributed by atoms with Gasteiger partial charge in [-0.25, -0.2) is 4.79 Å². The molecule has 36 heavy (non-hydrogen) atoms. The van der Waals surface area contributed by atoms with Gasteiger partial charge in [0.15, 0.2) is 11.6 Å². The van der Waals surface area contributed by atoms with Gasteiger partial charge < -0.3 is 14.4 Å². The van der Waals surface area contributed by atoms with E-state index in [-0.39, 0.29) is 30.5 Å². The lowest BCUT2D eigenvalue weighted by molar-refractivity contribution is -0.139. The van der Waals surface area contributed by atoms with Crippen molar-refractivity contribution in [2.24, 2.45) is 0 Å². The van der Waals surface area contributed by atoms with Crippen molar-refractivity contribution in [3.8, 4) is 0 Å². The molecule has 6 heteroatoms. The summed E-state index contributed by atoms with van der Waals surface area (Å²) in [7, 11) is 0. The second-order valence-electron chi connectivity index (χ2n) is 9.12. The van der Waals surface area contributed by atoms with Crippen molar-refractivity contribution < 1.29 is 23.9 Å². The van der Waals surface area contributed by atoms with Gasteiger partial charge in [-0.3, -0.25) is 9.59 Å². The number of rotatable bonds is 5. The topological polar surface area (TPSA) is 72.9 Å². The van der Waals surface area contributed by atoms with Gasteiger partial charge in [-0.15, -0.1) is 0 Å². The van der Waals surface area contributed by atoms with Gasteiger partial charge in [0.05, 0.1) is 17.9 Å². The zero-order valence-corrected chi connectivity index (χ0v) is 20.4. The van der Waals surface area contributed by atoms with E-state index in [9.17, 15) is 14.4 Å². The highest BCUT2D eigenvalue weighted by Crippen LogP contribution is 2.59. The van der Waals surface area contributed by atoms with Crippen LogP contribution in [0.1, 0.15) is 52.6 Å². The predicted octanol–water partition coefficient (Wildman–Crippen LogP) is 5.03. The number of allylic oxidation sites excluding steroid dienone is 2. The summed E-state index contributed by atoms with van der Waals surface area (Å²) in [6.45, 7) is 6.14. The molecule has 6 nitrogen and oxygen atoms in total. The normalized spacial score (nSPS) is 20.0. The third kappa shape index (κ3) is 2.62. The van der Waals surface area contributed by atoms with Crippen LogP contribution in [0.4, 0.5) is 0 Å². The molecule has 1 aliphatic heterocycles. The molecular weight excluding hydrogens is 454 g/mol. The lowest BCUT2D eigenvalue weighted by Gasteiger charge is -2.42. The van der Waals surface area contributed by atoms with Crippen LogP contribution in [0, 0.1) is 0 Å². The van der Waals surface area contributed by atoms with Crippen LogP contribution in [0.5, 0.6) is 0 Å². The fourth-order valence-corrected chi connectivity index (χ4v) is 6.10. The fourth-order valence-electron chi connectivity index (χ4n) is 6.10. The number of carbonyl (C=O) groups excluding carboxylic acids is 3. The minimum atomic E-state index is -1.60. The minimum absolute atomic E-state index is 0.132. The number of nitrogens with zero attached hydrogens (tertiary/aromatic N) is 1. The summed E-state index contributed by atoms with van der Waals surface area (Å²) < 4.78 is 11.3. The van der Waals surface area contributed by atoms with Crippen LogP contribution in [0.2, 0.25) is 0 Å². The van der Waals surface area contributed by atoms with Crippen LogP contribution in [0.25, 0.3) is 16.5 Å². The number of ether oxygens (including phenoxy) is 2. The molecular formula is C30H25NO5. The number of hydrogen-bond donors (Lipinski definition) is 0. The first kappa shape index (κ1) is 22.4. The van der Waals surface area contributed by atoms with E-state index >= 15 is 0 Å². The zero-order chi connectivity index (χ0) is 25.2. The van der Waals surface area contributed by atoms with E-state index in [0.29, 0.717) is 40.3 Å². The highest BCUT2D eigenvalue weighted by molar-refractivity contribution is 6.35. The first-order valence-electron chi connectivity index (χ1n) is 12.2. The molecule has 1 spiro atoms. The average molecular weight is 480 g/mol. The van der Waals surface area contributed by atoms with Gasteiger partial charge in [0.2, 0.25) is 0 Å². The fraction of sp³-hybridized carbons (Fsp3) is 0.233. The number of hydrogen-bond acceptors (Lipinski definition) is 6. The number of benzene rings is 3. The number of esters is 1. The van der Waals surface area contributed by atoms with Crippen LogP contribution in [-0.2, 0) is 19.7 Å². The van der Waals surface area contributed by atoms with Crippen LogP contribution >= 0.6 is 0 Å². The van der Waals surface area contributed by atoms with Gasteiger partial charge in [-0.05, 0) is 37.1 Å². The van der Waals surface area contributed by atoms with E-state index in [4.69, 9.17) is 9.47 Å². The molecule has 1 atom stereocenters. The maximum absolute atomic E-state index is 14.6. The summed E-state index contributed by atoms with van der Waals surface area (Å²) in [6.07, 6.45) is 0. The molecule has 0 aromatic heterocycles. The monoisotopic (exact) mass is 479 g/mol. The van der Waals surface area contributed by atoms with Crippen LogP contribution in [-0.4, -0.2) is 42.4 Å². The molecule has 1 unspecified atom stereocenters. The van der Waals surface area contributed by atoms with Crippen LogP contribution in [0.3, 0.4) is 0 Å². The number of ketones is 2. The molecule has 3 aliphatic rings. The van der Waals surface area contributed by atoms with Crippen molar-refractivity contribution in [3.05, 3.63) is 99.8 Å². The Morgan fingerprint density at radius 1 is 0.889 bits per heavy atom. The van der Waals surface area contributed by atoms with Gasteiger partial charge in [0.25, 0.3) is 0 Å². The quantitative estimate of drug-likeness (QED) is 0.478. The van der Waals surface area contributed by atoms with Gasteiger partial charge >= 0.3 is 5.97 Å². The van der Waals surface area contributed by atoms with E-state index in [1.54, 1.807) is 26.0 Å². The van der Waals surface area contributed by atoms with Crippen molar-refractivity contribution in [1.29, 1.82) is 0 Å². The van der Waals surface area contributed by atoms with Crippen molar-refractivity contribution >= 4 is 34.0 Å². The molecule has 6 rings (SSSR count). The van der Waals surface area contributed by atoms with Crippen molar-refractivity contribution in [2.45, 2.75) is 26.2 Å². The Hall–Kier alpha value is -4.03. The number of carbonyl (C=O) groups is 3. The molecule has 0 saturated carbocycles. The molecule has 180 valence electrons. The first-order chi connectivity index (χ1) is 17.5. The first-order valence-corrected chi connectivity index (χ1v) is 12.2. The molecule has 0 bridgehead atoms. The van der Waals surface area contributed by atoms with Crippen molar-refractivity contribution in [2.75, 3.05) is 19.9 Å². The lowest BCUT2D eigenvalue weighted by atomic mass is 9.64. The van der Waals surface area contributed by atoms with E-state index in [2.05, 4.69) is 0 Å². The maximum Gasteiger partial charge on any atom is 0.337 e. The standard InChI is InChI=1S/C30H25NO5/c1-4-35-16-31-17(3)24(29(34)36-5-2)30(25-26(31)19-12-6-7-13-20(19)27(25)32)22-15-9-11-18-10-8-14-21(23(18)22)28(30)33/h6-15H,4-5,16H2,1-3H3. The van der Waals surface area contributed by atoms with Gasteiger partial charge in [-0.1, -0.05) is 60.7 Å². The van der Waals surface area contributed by atoms with Crippen LogP contribution in [0.15, 0.2) is 77.5 Å². The second-order valence-corrected chi connectivity index (χ2v) is 9.12. The van der Waals surface area contributed by atoms with Crippen molar-refractivity contribution in [3.63, 3.8) is 0 Å². The lowest BCUT2D eigenvalue weighted by Crippen LogP contribution is -2.48. The smallest absolute Gasteiger partial charge is 0.337 e. The molecule has 0 saturated heterocycles. The molecule has 3 aromatic carbocycles. The van der Waals surface area contributed by atoms with Gasteiger partial charge in [-0.2, -0.15) is 0 Å². The highest BCUT2D eigenvalue weighted by Gasteiger charge is 2.62. The minimum Gasteiger partial charge on any atom is -0.463 e. The largest absolute Gasteiger partial charge is 0.463 e. The Labute approximate surface area is 208 Å². The Bertz CT molecular complexity index is 1560. The van der Waals surface area contributed by atoms with Crippen LogP contribution < -0.4 is 0 Å². The SMILES string of the molecule is CCOCN1C(C)=C(C(=O)OCC)C2(C(=O)c3cccc4cccc2c34)C2=C1c1ccccc1C2=O. The van der Waals surface area contributed by atoms with E-state index < -0.39 is 11.4 Å². The van der Waals surface area contributed by atoms with E-state index in [0.717, 1.165) is 16.3 Å². The summed E-state index contributed by atoms with van der Waals surface area (Å²) >= 11 is 0. The molecule has 0 radical (unpaired) electrons. The number of Topliss-reactive ketones (excluding diaryl/α,β-unsaturated/α-hetero) is 2. The molecule has 2 aliphatic carbocycles. The van der Waals surface area contributed by atoms with E-state index in [1.807, 2.05) is 60.4 Å². The maximum atomic E-state index is 14.6. The third-order valence-corrected chi connectivity index (χ3v) is 7.48. The molecule has 0 amide bonds. The summed E-state index contributed by atoms with van der Waals surface area (Å²) in [5.74, 6) is -1.14. The summed E-state index contributed by atoms with van der Waals surface area (Å²) in [6, 6.07) is 18.6. The third-order valence-electron chi connectivity index (χ3n) is 7.48. The second kappa shape index (κ2) is 8.00. The Morgan fingerprint density at radius 2 is 1.58 bits per heavy atom. The zero-order valence-electron chi connectivity index (χ0n) is 20.4. The number of fused-ring (bicyclic) bond motifs is 4. The van der Waals surface area contributed by atoms with Crippen molar-refractivity contribution in [1.82, 2.24) is 4.90 Å². The van der Waals surface area contributed by atoms with Gasteiger partial charge in [0, 0.05) is 34.6 Å². The molecule has 1 heterocycles. The Balaban J connectivity index is 1.77. The Morgan fingerprint density at radius 3 is 2.31 bits per heavy atom. The Kier molecular flexibility index (Phi) is 4.99. The molecule has 0 fully saturated rings. The highest BCUT2D eigenvalue weighted by atomic mass is 16.5. The summed E-state index contributed by atoms with van der Waals surface area (Å²) in [4.78, 5) is 44.4. The van der Waals surface area contributed by atoms with E-state index in [1.165, 1.54) is 0 Å². The molecule has 3 aromatic rings. The average Bonchev–Trinajstić information content (AvgIpc) is 3.31.